The number of nitrogens with one attached hydrogen (secondary N) is 2. The molecule has 0 aliphatic heterocycles. The quantitative estimate of drug-likeness (QED) is 0.637. The van der Waals surface area contributed by atoms with Gasteiger partial charge in [0.2, 0.25) is 10.0 Å². The monoisotopic (exact) mass is 381 g/mol. The van der Waals surface area contributed by atoms with Crippen LogP contribution >= 0.6 is 15.9 Å². The van der Waals surface area contributed by atoms with Crippen molar-refractivity contribution >= 4 is 26.0 Å². The summed E-state index contributed by atoms with van der Waals surface area (Å²) in [4.78, 5) is 2.09. The van der Waals surface area contributed by atoms with Crippen LogP contribution in [0.4, 0.5) is 0 Å². The van der Waals surface area contributed by atoms with Crippen molar-refractivity contribution in [2.24, 2.45) is 0 Å². The Hall–Kier alpha value is -0.410. The largest absolute Gasteiger partial charge is 0.452 e. The summed E-state index contributed by atoms with van der Waals surface area (Å²) in [5.74, 6) is 0.594. The van der Waals surface area contributed by atoms with E-state index < -0.39 is 10.0 Å². The molecule has 1 atom stereocenters. The average Bonchev–Trinajstić information content (AvgIpc) is 2.78. The zero-order chi connectivity index (χ0) is 16.0. The zero-order valence-corrected chi connectivity index (χ0v) is 15.3. The van der Waals surface area contributed by atoms with Crippen LogP contribution in [0.2, 0.25) is 0 Å². The first kappa shape index (κ1) is 18.6. The van der Waals surface area contributed by atoms with Gasteiger partial charge in [0.15, 0.2) is 4.67 Å². The summed E-state index contributed by atoms with van der Waals surface area (Å²) in [6.07, 6.45) is 1.01. The molecule has 1 unspecified atom stereocenters. The summed E-state index contributed by atoms with van der Waals surface area (Å²) in [5, 5.41) is 3.17. The highest BCUT2D eigenvalue weighted by molar-refractivity contribution is 9.10. The van der Waals surface area contributed by atoms with Gasteiger partial charge in [0.05, 0.1) is 6.54 Å². The van der Waals surface area contributed by atoms with Crippen LogP contribution in [0.3, 0.4) is 0 Å². The van der Waals surface area contributed by atoms with E-state index in [1.54, 1.807) is 6.07 Å². The lowest BCUT2D eigenvalue weighted by atomic mass is 10.3. The number of rotatable bonds is 9. The Bertz CT molecular complexity index is 543. The molecule has 122 valence electrons. The molecule has 0 saturated heterocycles. The van der Waals surface area contributed by atoms with Gasteiger partial charge in [0.1, 0.15) is 10.7 Å². The first-order chi connectivity index (χ1) is 9.77. The maximum absolute atomic E-state index is 12.3. The van der Waals surface area contributed by atoms with Crippen LogP contribution in [0.15, 0.2) is 20.0 Å². The van der Waals surface area contributed by atoms with Gasteiger partial charge < -0.3 is 14.6 Å². The molecule has 0 aliphatic rings. The summed E-state index contributed by atoms with van der Waals surface area (Å²) >= 11 is 3.17. The molecule has 6 nitrogen and oxygen atoms in total. The Labute approximate surface area is 135 Å². The van der Waals surface area contributed by atoms with Gasteiger partial charge in [-0.2, -0.15) is 0 Å². The minimum Gasteiger partial charge on any atom is -0.452 e. The predicted octanol–water partition coefficient (Wildman–Crippen LogP) is 1.77. The van der Waals surface area contributed by atoms with Crippen molar-refractivity contribution in [3.8, 4) is 0 Å². The fourth-order valence-corrected chi connectivity index (χ4v) is 3.66. The van der Waals surface area contributed by atoms with Gasteiger partial charge in [-0.15, -0.1) is 0 Å². The third-order valence-corrected chi connectivity index (χ3v) is 5.45. The van der Waals surface area contributed by atoms with Gasteiger partial charge in [-0.25, -0.2) is 13.1 Å². The van der Waals surface area contributed by atoms with Crippen molar-refractivity contribution in [3.63, 3.8) is 0 Å². The second kappa shape index (κ2) is 8.28. The summed E-state index contributed by atoms with van der Waals surface area (Å²) in [6, 6.07) is 1.66. The van der Waals surface area contributed by atoms with E-state index in [9.17, 15) is 8.42 Å². The zero-order valence-electron chi connectivity index (χ0n) is 12.9. The molecule has 0 fully saturated rings. The highest BCUT2D eigenvalue weighted by Crippen LogP contribution is 2.26. The summed E-state index contributed by atoms with van der Waals surface area (Å²) in [6.45, 7) is 5.73. The average molecular weight is 382 g/mol. The van der Waals surface area contributed by atoms with Gasteiger partial charge in [-0.3, -0.25) is 0 Å². The van der Waals surface area contributed by atoms with Gasteiger partial charge >= 0.3 is 0 Å². The molecule has 1 aromatic rings. The molecule has 21 heavy (non-hydrogen) atoms. The summed E-state index contributed by atoms with van der Waals surface area (Å²) in [5.41, 5.74) is 0. The van der Waals surface area contributed by atoms with Crippen LogP contribution in [0.25, 0.3) is 0 Å². The minimum absolute atomic E-state index is 0.108. The Morgan fingerprint density at radius 2 is 2.10 bits per heavy atom. The van der Waals surface area contributed by atoms with E-state index >= 15 is 0 Å². The number of hydrogen-bond acceptors (Lipinski definition) is 5. The van der Waals surface area contributed by atoms with Gasteiger partial charge in [0, 0.05) is 18.7 Å². The molecular formula is C13H24BrN3O3S. The van der Waals surface area contributed by atoms with Crippen molar-refractivity contribution in [2.45, 2.75) is 37.8 Å². The maximum atomic E-state index is 12.3. The Balaban J connectivity index is 2.74. The third kappa shape index (κ3) is 5.71. The molecule has 0 radical (unpaired) electrons. The SMILES string of the molecule is CCCNCc1cc(S(=O)(=O)NCC(C)N(C)C)c(Br)o1. The number of likely N-dealkylation sites (N-methyl/N-ethyl adjacent to an activating group) is 1. The van der Waals surface area contributed by atoms with E-state index in [4.69, 9.17) is 4.42 Å². The molecule has 0 aromatic carbocycles. The molecule has 1 aromatic heterocycles. The van der Waals surface area contributed by atoms with Crippen LogP contribution in [-0.2, 0) is 16.6 Å². The Morgan fingerprint density at radius 1 is 1.43 bits per heavy atom. The normalized spacial score (nSPS) is 13.8. The first-order valence-corrected chi connectivity index (χ1v) is 9.20. The third-order valence-electron chi connectivity index (χ3n) is 3.17. The second-order valence-electron chi connectivity index (χ2n) is 5.19. The summed E-state index contributed by atoms with van der Waals surface area (Å²) in [7, 11) is 0.240. The van der Waals surface area contributed by atoms with Crippen molar-refractivity contribution in [3.05, 3.63) is 16.5 Å². The van der Waals surface area contributed by atoms with Gasteiger partial charge in [-0.1, -0.05) is 6.92 Å². The van der Waals surface area contributed by atoms with Crippen LogP contribution in [-0.4, -0.2) is 46.5 Å². The van der Waals surface area contributed by atoms with E-state index in [0.717, 1.165) is 13.0 Å². The van der Waals surface area contributed by atoms with Gasteiger partial charge in [-0.05, 0) is 49.9 Å². The fourth-order valence-electron chi connectivity index (χ4n) is 1.55. The van der Waals surface area contributed by atoms with Crippen LogP contribution in [0, 0.1) is 0 Å². The molecule has 2 N–H and O–H groups in total. The van der Waals surface area contributed by atoms with Crippen molar-refractivity contribution in [1.29, 1.82) is 0 Å². The van der Waals surface area contributed by atoms with E-state index in [0.29, 0.717) is 18.8 Å². The number of sulfonamides is 1. The van der Waals surface area contributed by atoms with E-state index in [-0.39, 0.29) is 15.6 Å². The fraction of sp³-hybridized carbons (Fsp3) is 0.692. The molecular weight excluding hydrogens is 358 g/mol. The number of hydrogen-bond donors (Lipinski definition) is 2. The second-order valence-corrected chi connectivity index (χ2v) is 7.65. The standard InChI is InChI=1S/C13H24BrN3O3S/c1-5-6-15-9-11-7-12(13(14)20-11)21(18,19)16-8-10(2)17(3)4/h7,10,15-16H,5-6,8-9H2,1-4H3. The topological polar surface area (TPSA) is 74.6 Å². The molecule has 0 bridgehead atoms. The molecule has 0 aliphatic carbocycles. The minimum atomic E-state index is -3.57. The predicted molar refractivity (Wildman–Crippen MR) is 86.7 cm³/mol. The van der Waals surface area contributed by atoms with E-state index in [1.807, 2.05) is 25.9 Å². The van der Waals surface area contributed by atoms with Crippen molar-refractivity contribution < 1.29 is 12.8 Å². The van der Waals surface area contributed by atoms with Crippen molar-refractivity contribution in [2.75, 3.05) is 27.2 Å². The van der Waals surface area contributed by atoms with Crippen LogP contribution in [0.1, 0.15) is 26.0 Å². The van der Waals surface area contributed by atoms with Gasteiger partial charge in [0.25, 0.3) is 0 Å². The molecule has 0 spiro atoms. The smallest absolute Gasteiger partial charge is 0.245 e. The van der Waals surface area contributed by atoms with E-state index in [1.165, 1.54) is 0 Å². The molecule has 0 amide bonds. The number of nitrogens with zero attached hydrogens (tertiary/aromatic N) is 1. The molecule has 1 heterocycles. The first-order valence-electron chi connectivity index (χ1n) is 6.93. The molecule has 0 saturated carbocycles. The highest BCUT2D eigenvalue weighted by Gasteiger charge is 2.23. The summed E-state index contributed by atoms with van der Waals surface area (Å²) < 4.78 is 32.8. The Morgan fingerprint density at radius 3 is 2.67 bits per heavy atom. The maximum Gasteiger partial charge on any atom is 0.245 e. The highest BCUT2D eigenvalue weighted by atomic mass is 79.9. The lowest BCUT2D eigenvalue weighted by molar-refractivity contribution is 0.314. The lowest BCUT2D eigenvalue weighted by Gasteiger charge is -2.19. The number of furan rings is 1. The molecule has 8 heteroatoms. The lowest BCUT2D eigenvalue weighted by Crippen LogP contribution is -2.38. The van der Waals surface area contributed by atoms with Crippen LogP contribution in [0.5, 0.6) is 0 Å². The molecule has 1 rings (SSSR count). The van der Waals surface area contributed by atoms with Crippen molar-refractivity contribution in [1.82, 2.24) is 14.9 Å². The van der Waals surface area contributed by atoms with Crippen LogP contribution < -0.4 is 10.0 Å². The number of halogens is 1. The Kier molecular flexibility index (Phi) is 7.35. The van der Waals surface area contributed by atoms with E-state index in [2.05, 4.69) is 32.9 Å².